The van der Waals surface area contributed by atoms with Gasteiger partial charge in [0, 0.05) is 6.08 Å². The van der Waals surface area contributed by atoms with Gasteiger partial charge in [-0.25, -0.2) is 4.79 Å². The van der Waals surface area contributed by atoms with E-state index in [1.807, 2.05) is 12.1 Å². The van der Waals surface area contributed by atoms with Crippen molar-refractivity contribution in [3.05, 3.63) is 42.0 Å². The fraction of sp³-hybridized carbons (Fsp3) is 0.438. The fourth-order valence-electron chi connectivity index (χ4n) is 2.13. The lowest BCUT2D eigenvalue weighted by Crippen LogP contribution is -1.97. The summed E-state index contributed by atoms with van der Waals surface area (Å²) in [5.41, 5.74) is 1.27. The van der Waals surface area contributed by atoms with Gasteiger partial charge in [0.1, 0.15) is 11.9 Å². The minimum atomic E-state index is -0.337. The van der Waals surface area contributed by atoms with E-state index in [1.165, 1.54) is 18.7 Å². The number of benzene rings is 1. The Hall–Kier alpha value is -1.81. The van der Waals surface area contributed by atoms with Gasteiger partial charge >= 0.3 is 5.97 Å². The zero-order valence-electron chi connectivity index (χ0n) is 11.9. The fourth-order valence-corrected chi connectivity index (χ4v) is 2.13. The summed E-state index contributed by atoms with van der Waals surface area (Å²) in [6, 6.07) is 8.11. The van der Waals surface area contributed by atoms with Crippen molar-refractivity contribution in [2.45, 2.75) is 31.5 Å². The molecule has 0 amide bonds. The third-order valence-corrected chi connectivity index (χ3v) is 3.33. The average molecular weight is 276 g/mol. The van der Waals surface area contributed by atoms with Crippen LogP contribution in [0.5, 0.6) is 5.75 Å². The van der Waals surface area contributed by atoms with Crippen LogP contribution in [0.25, 0.3) is 0 Å². The first-order chi connectivity index (χ1) is 9.72. The quantitative estimate of drug-likeness (QED) is 0.436. The van der Waals surface area contributed by atoms with E-state index in [2.05, 4.69) is 16.9 Å². The van der Waals surface area contributed by atoms with E-state index in [0.717, 1.165) is 25.0 Å². The molecular weight excluding hydrogens is 256 g/mol. The lowest BCUT2D eigenvalue weighted by atomic mass is 10.1. The number of aryl methyl sites for hydroxylation is 1. The van der Waals surface area contributed by atoms with Gasteiger partial charge < -0.3 is 14.2 Å². The minimum Gasteiger partial charge on any atom is -0.497 e. The van der Waals surface area contributed by atoms with E-state index in [4.69, 9.17) is 9.47 Å². The Morgan fingerprint density at radius 2 is 2.25 bits per heavy atom. The second kappa shape index (κ2) is 7.10. The molecule has 4 heteroatoms. The first-order valence-electron chi connectivity index (χ1n) is 6.77. The molecule has 0 saturated carbocycles. The van der Waals surface area contributed by atoms with Crippen LogP contribution in [0.15, 0.2) is 36.4 Å². The number of rotatable bonds is 7. The maximum absolute atomic E-state index is 10.9. The number of hydrogen-bond donors (Lipinski definition) is 0. The van der Waals surface area contributed by atoms with E-state index < -0.39 is 0 Å². The van der Waals surface area contributed by atoms with Crippen molar-refractivity contribution in [2.75, 3.05) is 14.2 Å². The number of carbonyl (C=O) groups excluding carboxylic acids is 1. The molecule has 0 aliphatic carbocycles. The molecule has 0 N–H and O–H groups in total. The predicted molar refractivity (Wildman–Crippen MR) is 75.7 cm³/mol. The molecule has 1 aromatic rings. The highest BCUT2D eigenvalue weighted by atomic mass is 16.6. The second-order valence-electron chi connectivity index (χ2n) is 4.77. The largest absolute Gasteiger partial charge is 0.497 e. The summed E-state index contributed by atoms with van der Waals surface area (Å²) in [5.74, 6) is 0.555. The molecule has 1 aliphatic heterocycles. The first-order valence-corrected chi connectivity index (χ1v) is 6.77. The number of esters is 1. The molecule has 1 heterocycles. The first kappa shape index (κ1) is 14.6. The van der Waals surface area contributed by atoms with E-state index in [9.17, 15) is 4.79 Å². The molecule has 2 rings (SSSR count). The molecule has 1 aliphatic rings. The maximum atomic E-state index is 10.9. The van der Waals surface area contributed by atoms with E-state index in [1.54, 1.807) is 13.2 Å². The Morgan fingerprint density at radius 1 is 1.40 bits per heavy atom. The maximum Gasteiger partial charge on any atom is 0.330 e. The van der Waals surface area contributed by atoms with Crippen molar-refractivity contribution in [2.24, 2.45) is 0 Å². The molecule has 20 heavy (non-hydrogen) atoms. The number of carbonyl (C=O) groups is 1. The van der Waals surface area contributed by atoms with Gasteiger partial charge in [0.05, 0.1) is 20.3 Å². The zero-order valence-corrected chi connectivity index (χ0v) is 11.9. The van der Waals surface area contributed by atoms with Gasteiger partial charge in [-0.15, -0.1) is 0 Å². The summed E-state index contributed by atoms with van der Waals surface area (Å²) >= 11 is 0. The number of ether oxygens (including phenoxy) is 3. The normalized spacial score (nSPS) is 20.9. The summed E-state index contributed by atoms with van der Waals surface area (Å²) in [5, 5.41) is 0. The van der Waals surface area contributed by atoms with Crippen LogP contribution in [-0.4, -0.2) is 32.4 Å². The minimum absolute atomic E-state index is 0.0689. The van der Waals surface area contributed by atoms with Crippen LogP contribution in [0, 0.1) is 0 Å². The van der Waals surface area contributed by atoms with Gasteiger partial charge in [-0.3, -0.25) is 0 Å². The number of hydrogen-bond acceptors (Lipinski definition) is 4. The van der Waals surface area contributed by atoms with Crippen LogP contribution in [0.4, 0.5) is 0 Å². The summed E-state index contributed by atoms with van der Waals surface area (Å²) < 4.78 is 15.2. The zero-order chi connectivity index (χ0) is 14.4. The van der Waals surface area contributed by atoms with Crippen molar-refractivity contribution in [3.8, 4) is 5.75 Å². The lowest BCUT2D eigenvalue weighted by molar-refractivity contribution is -0.134. The summed E-state index contributed by atoms with van der Waals surface area (Å²) in [7, 11) is 3.04. The topological polar surface area (TPSA) is 48.1 Å². The third kappa shape index (κ3) is 4.38. The van der Waals surface area contributed by atoms with Gasteiger partial charge in [-0.2, -0.15) is 0 Å². The van der Waals surface area contributed by atoms with Crippen molar-refractivity contribution in [1.29, 1.82) is 0 Å². The smallest absolute Gasteiger partial charge is 0.330 e. The summed E-state index contributed by atoms with van der Waals surface area (Å²) in [4.78, 5) is 10.9. The Kier molecular flexibility index (Phi) is 5.18. The van der Waals surface area contributed by atoms with Gasteiger partial charge in [0.15, 0.2) is 0 Å². The molecule has 108 valence electrons. The lowest BCUT2D eigenvalue weighted by Gasteiger charge is -2.03. The van der Waals surface area contributed by atoms with Crippen LogP contribution < -0.4 is 4.74 Å². The molecule has 0 unspecified atom stereocenters. The summed E-state index contributed by atoms with van der Waals surface area (Å²) in [6.07, 6.45) is 6.55. The SMILES string of the molecule is COC(=O)/C=C/[C@@H]1O[C@H]1CCCc1cccc(OC)c1. The van der Waals surface area contributed by atoms with E-state index in [0.29, 0.717) is 0 Å². The highest BCUT2D eigenvalue weighted by Gasteiger charge is 2.35. The third-order valence-electron chi connectivity index (χ3n) is 3.33. The van der Waals surface area contributed by atoms with E-state index in [-0.39, 0.29) is 18.2 Å². The molecule has 0 spiro atoms. The van der Waals surface area contributed by atoms with Gasteiger partial charge in [0.25, 0.3) is 0 Å². The van der Waals surface area contributed by atoms with Crippen molar-refractivity contribution in [1.82, 2.24) is 0 Å². The van der Waals surface area contributed by atoms with Gasteiger partial charge in [-0.1, -0.05) is 12.1 Å². The van der Waals surface area contributed by atoms with Crippen molar-refractivity contribution >= 4 is 5.97 Å². The van der Waals surface area contributed by atoms with Gasteiger partial charge in [-0.05, 0) is 43.0 Å². The molecule has 0 aromatic heterocycles. The average Bonchev–Trinajstić information content (AvgIpc) is 3.23. The van der Waals surface area contributed by atoms with Crippen LogP contribution in [0.2, 0.25) is 0 Å². The molecule has 0 bridgehead atoms. The predicted octanol–water partition coefficient (Wildman–Crippen LogP) is 2.51. The molecule has 4 nitrogen and oxygen atoms in total. The molecule has 1 aromatic carbocycles. The molecule has 0 radical (unpaired) electrons. The Morgan fingerprint density at radius 3 is 3.00 bits per heavy atom. The number of methoxy groups -OCH3 is 2. The Balaban J connectivity index is 1.67. The number of epoxide rings is 1. The highest BCUT2D eigenvalue weighted by molar-refractivity contribution is 5.81. The Bertz CT molecular complexity index is 481. The molecular formula is C16H20O4. The van der Waals surface area contributed by atoms with Crippen molar-refractivity contribution < 1.29 is 19.0 Å². The highest BCUT2D eigenvalue weighted by Crippen LogP contribution is 2.28. The monoisotopic (exact) mass is 276 g/mol. The summed E-state index contributed by atoms with van der Waals surface area (Å²) in [6.45, 7) is 0. The van der Waals surface area contributed by atoms with Gasteiger partial charge in [0.2, 0.25) is 0 Å². The molecule has 1 fully saturated rings. The van der Waals surface area contributed by atoms with E-state index >= 15 is 0 Å². The van der Waals surface area contributed by atoms with Crippen LogP contribution in [0.1, 0.15) is 18.4 Å². The Labute approximate surface area is 119 Å². The van der Waals surface area contributed by atoms with Crippen LogP contribution in [-0.2, 0) is 20.7 Å². The molecule has 1 saturated heterocycles. The van der Waals surface area contributed by atoms with Crippen LogP contribution >= 0.6 is 0 Å². The standard InChI is InChI=1S/C16H20O4/c1-18-13-7-3-5-12(11-13)6-4-8-14-15(20-14)9-10-16(17)19-2/h3,5,7,9-11,14-15H,4,6,8H2,1-2H3/b10-9+/t14-,15-/m0/s1. The van der Waals surface area contributed by atoms with Crippen molar-refractivity contribution in [3.63, 3.8) is 0 Å². The molecule has 2 atom stereocenters. The van der Waals surface area contributed by atoms with Crippen LogP contribution in [0.3, 0.4) is 0 Å². The second-order valence-corrected chi connectivity index (χ2v) is 4.77.